The molecule has 0 spiro atoms. The molecule has 0 aromatic carbocycles. The van der Waals surface area contributed by atoms with Gasteiger partial charge in [-0.3, -0.25) is 0 Å². The van der Waals surface area contributed by atoms with Gasteiger partial charge in [0.25, 0.3) is 10.0 Å². The summed E-state index contributed by atoms with van der Waals surface area (Å²) in [4.78, 5) is 12.9. The lowest BCUT2D eigenvalue weighted by Crippen LogP contribution is -2.36. The van der Waals surface area contributed by atoms with Crippen LogP contribution in [0.25, 0.3) is 0 Å². The Hall–Kier alpha value is -1.38. The fraction of sp³-hybridized carbons (Fsp3) is 0.583. The summed E-state index contributed by atoms with van der Waals surface area (Å²) in [6.07, 6.45) is 1.88. The van der Waals surface area contributed by atoms with Crippen molar-refractivity contribution >= 4 is 16.0 Å². The van der Waals surface area contributed by atoms with Crippen molar-refractivity contribution in [1.82, 2.24) is 9.62 Å². The molecule has 8 heteroatoms. The summed E-state index contributed by atoms with van der Waals surface area (Å²) < 4.78 is 31.2. The molecule has 1 aromatic rings. The maximum absolute atomic E-state index is 12.0. The van der Waals surface area contributed by atoms with Gasteiger partial charge < -0.3 is 14.4 Å². The Morgan fingerprint density at radius 2 is 2.10 bits per heavy atom. The zero-order chi connectivity index (χ0) is 14.8. The molecule has 1 fully saturated rings. The average Bonchev–Trinajstić information content (AvgIpc) is 2.89. The van der Waals surface area contributed by atoms with Crippen LogP contribution in [0.15, 0.2) is 21.6 Å². The van der Waals surface area contributed by atoms with Crippen molar-refractivity contribution in [2.75, 3.05) is 26.7 Å². The third-order valence-corrected chi connectivity index (χ3v) is 4.75. The number of carboxylic acid groups (broad SMARTS) is 1. The Bertz CT molecular complexity index is 572. The van der Waals surface area contributed by atoms with E-state index in [4.69, 9.17) is 9.52 Å². The highest BCUT2D eigenvalue weighted by Gasteiger charge is 2.23. The van der Waals surface area contributed by atoms with Crippen molar-refractivity contribution in [1.29, 1.82) is 0 Å². The minimum Gasteiger partial charge on any atom is -0.475 e. The quantitative estimate of drug-likeness (QED) is 0.826. The third-order valence-electron chi connectivity index (χ3n) is 3.46. The van der Waals surface area contributed by atoms with E-state index in [0.717, 1.165) is 38.1 Å². The molecule has 1 aromatic heterocycles. The Kier molecular flexibility index (Phi) is 4.46. The van der Waals surface area contributed by atoms with Gasteiger partial charge in [0.2, 0.25) is 10.9 Å². The molecular formula is C12H18N2O5S. The molecule has 0 aliphatic carbocycles. The number of nitrogens with zero attached hydrogens (tertiary/aromatic N) is 1. The van der Waals surface area contributed by atoms with Crippen LogP contribution in [0, 0.1) is 5.92 Å². The van der Waals surface area contributed by atoms with Crippen molar-refractivity contribution in [3.63, 3.8) is 0 Å². The van der Waals surface area contributed by atoms with Gasteiger partial charge in [-0.15, -0.1) is 0 Å². The number of carboxylic acids is 1. The highest BCUT2D eigenvalue weighted by molar-refractivity contribution is 7.89. The molecule has 0 unspecified atom stereocenters. The number of hydrogen-bond donors (Lipinski definition) is 2. The highest BCUT2D eigenvalue weighted by Crippen LogP contribution is 2.17. The fourth-order valence-corrected chi connectivity index (χ4v) is 3.19. The van der Waals surface area contributed by atoms with E-state index in [0.29, 0.717) is 12.5 Å². The van der Waals surface area contributed by atoms with Crippen molar-refractivity contribution in [2.24, 2.45) is 5.92 Å². The molecule has 1 saturated heterocycles. The van der Waals surface area contributed by atoms with Gasteiger partial charge in [0.1, 0.15) is 0 Å². The number of hydrogen-bond acceptors (Lipinski definition) is 5. The first-order chi connectivity index (χ1) is 9.38. The molecule has 20 heavy (non-hydrogen) atoms. The van der Waals surface area contributed by atoms with Gasteiger partial charge in [-0.1, -0.05) is 0 Å². The molecule has 0 amide bonds. The largest absolute Gasteiger partial charge is 0.475 e. The van der Waals surface area contributed by atoms with Gasteiger partial charge in [0.05, 0.1) is 0 Å². The molecule has 0 radical (unpaired) electrons. The van der Waals surface area contributed by atoms with Crippen LogP contribution < -0.4 is 4.72 Å². The Balaban J connectivity index is 1.95. The van der Waals surface area contributed by atoms with Crippen LogP contribution in [0.1, 0.15) is 23.4 Å². The van der Waals surface area contributed by atoms with Crippen LogP contribution in [0.3, 0.4) is 0 Å². The standard InChI is InChI=1S/C12H18N2O5S/c1-14-6-4-9(5-7-14)8-13-20(17,18)11-3-2-10(19-11)12(15)16/h2-3,9,13H,4-8H2,1H3,(H,15,16). The predicted octanol–water partition coefficient (Wildman–Crippen LogP) is 0.598. The van der Waals surface area contributed by atoms with Gasteiger partial charge in [-0.05, 0) is 51.0 Å². The van der Waals surface area contributed by atoms with Gasteiger partial charge in [0, 0.05) is 6.54 Å². The van der Waals surface area contributed by atoms with Gasteiger partial charge in [-0.25, -0.2) is 17.9 Å². The Morgan fingerprint density at radius 3 is 2.65 bits per heavy atom. The lowest BCUT2D eigenvalue weighted by atomic mass is 9.98. The fourth-order valence-electron chi connectivity index (χ4n) is 2.14. The predicted molar refractivity (Wildman–Crippen MR) is 71.1 cm³/mol. The van der Waals surface area contributed by atoms with Crippen molar-refractivity contribution in [3.05, 3.63) is 17.9 Å². The number of carbonyl (C=O) groups is 1. The maximum atomic E-state index is 12.0. The van der Waals surface area contributed by atoms with Crippen LogP contribution in [0.2, 0.25) is 0 Å². The summed E-state index contributed by atoms with van der Waals surface area (Å²) >= 11 is 0. The van der Waals surface area contributed by atoms with Crippen molar-refractivity contribution in [2.45, 2.75) is 17.9 Å². The molecule has 2 N–H and O–H groups in total. The highest BCUT2D eigenvalue weighted by atomic mass is 32.2. The number of piperidine rings is 1. The van der Waals surface area contributed by atoms with E-state index < -0.39 is 16.0 Å². The average molecular weight is 302 g/mol. The van der Waals surface area contributed by atoms with Gasteiger partial charge in [-0.2, -0.15) is 0 Å². The van der Waals surface area contributed by atoms with Crippen molar-refractivity contribution < 1.29 is 22.7 Å². The molecule has 2 rings (SSSR count). The third kappa shape index (κ3) is 3.59. The van der Waals surface area contributed by atoms with Crippen molar-refractivity contribution in [3.8, 4) is 0 Å². The first-order valence-electron chi connectivity index (χ1n) is 6.40. The zero-order valence-electron chi connectivity index (χ0n) is 11.2. The summed E-state index contributed by atoms with van der Waals surface area (Å²) in [6, 6.07) is 2.28. The molecule has 0 saturated carbocycles. The van der Waals surface area contributed by atoms with E-state index in [9.17, 15) is 13.2 Å². The Morgan fingerprint density at radius 1 is 1.45 bits per heavy atom. The topological polar surface area (TPSA) is 99.9 Å². The van der Waals surface area contributed by atoms with Gasteiger partial charge >= 0.3 is 5.97 Å². The maximum Gasteiger partial charge on any atom is 0.371 e. The second kappa shape index (κ2) is 5.94. The van der Waals surface area contributed by atoms with Crippen LogP contribution in [-0.2, 0) is 10.0 Å². The second-order valence-corrected chi connectivity index (χ2v) is 6.72. The smallest absolute Gasteiger partial charge is 0.371 e. The number of nitrogens with one attached hydrogen (secondary N) is 1. The van der Waals surface area contributed by atoms with E-state index >= 15 is 0 Å². The molecule has 0 atom stereocenters. The number of aromatic carboxylic acids is 1. The Labute approximate surface area is 117 Å². The summed E-state index contributed by atoms with van der Waals surface area (Å²) in [6.45, 7) is 2.26. The minimum atomic E-state index is -3.78. The SMILES string of the molecule is CN1CCC(CNS(=O)(=O)c2ccc(C(=O)O)o2)CC1. The molecule has 1 aliphatic heterocycles. The minimum absolute atomic E-state index is 0.301. The molecule has 0 bridgehead atoms. The molecular weight excluding hydrogens is 284 g/mol. The van der Waals surface area contributed by atoms with E-state index in [2.05, 4.69) is 9.62 Å². The second-order valence-electron chi connectivity index (χ2n) is 5.02. The van der Waals surface area contributed by atoms with Crippen LogP contribution in [0.5, 0.6) is 0 Å². The lowest BCUT2D eigenvalue weighted by Gasteiger charge is -2.28. The van der Waals surface area contributed by atoms with E-state index in [1.165, 1.54) is 0 Å². The van der Waals surface area contributed by atoms with E-state index in [-0.39, 0.29) is 10.9 Å². The molecule has 112 valence electrons. The number of furan rings is 1. The number of rotatable bonds is 5. The summed E-state index contributed by atoms with van der Waals surface area (Å²) in [5.41, 5.74) is 0. The summed E-state index contributed by atoms with van der Waals surface area (Å²) in [7, 11) is -1.74. The number of likely N-dealkylation sites (tertiary alicyclic amines) is 1. The summed E-state index contributed by atoms with van der Waals surface area (Å²) in [5.74, 6) is -1.37. The zero-order valence-corrected chi connectivity index (χ0v) is 12.0. The first-order valence-corrected chi connectivity index (χ1v) is 7.88. The van der Waals surface area contributed by atoms with E-state index in [1.807, 2.05) is 7.05 Å². The summed E-state index contributed by atoms with van der Waals surface area (Å²) in [5, 5.41) is 8.35. The molecule has 7 nitrogen and oxygen atoms in total. The van der Waals surface area contributed by atoms with Crippen LogP contribution in [-0.4, -0.2) is 51.1 Å². The number of sulfonamides is 1. The monoisotopic (exact) mass is 302 g/mol. The lowest BCUT2D eigenvalue weighted by molar-refractivity contribution is 0.0656. The molecule has 1 aliphatic rings. The normalized spacial score (nSPS) is 18.2. The molecule has 2 heterocycles. The first kappa shape index (κ1) is 15.0. The van der Waals surface area contributed by atoms with Gasteiger partial charge in [0.15, 0.2) is 0 Å². The van der Waals surface area contributed by atoms with Crippen LogP contribution >= 0.6 is 0 Å². The van der Waals surface area contributed by atoms with E-state index in [1.54, 1.807) is 0 Å². The van der Waals surface area contributed by atoms with Crippen LogP contribution in [0.4, 0.5) is 0 Å².